The van der Waals surface area contributed by atoms with Gasteiger partial charge in [-0.3, -0.25) is 9.48 Å². The molecule has 7 nitrogen and oxygen atoms in total. The average molecular weight is 308 g/mol. The number of carbonyl (C=O) groups is 1. The Morgan fingerprint density at radius 2 is 2.29 bits per heavy atom. The van der Waals surface area contributed by atoms with E-state index in [-0.39, 0.29) is 12.5 Å². The topological polar surface area (TPSA) is 88.5 Å². The molecule has 2 heterocycles. The fraction of sp³-hybridized carbons (Fsp3) is 0.538. The summed E-state index contributed by atoms with van der Waals surface area (Å²) in [5, 5.41) is 18.3. The van der Waals surface area contributed by atoms with Crippen LogP contribution in [0.5, 0.6) is 0 Å². The second kappa shape index (κ2) is 7.26. The molecular formula is C13H20N6OS. The zero-order valence-electron chi connectivity index (χ0n) is 12.5. The minimum absolute atomic E-state index is 0.0241. The maximum atomic E-state index is 11.9. The molecule has 0 spiro atoms. The van der Waals surface area contributed by atoms with E-state index in [1.165, 1.54) is 5.56 Å². The lowest BCUT2D eigenvalue weighted by molar-refractivity contribution is -0.121. The van der Waals surface area contributed by atoms with Crippen molar-refractivity contribution >= 4 is 17.7 Å². The number of thioether (sulfide) groups is 1. The Labute approximate surface area is 127 Å². The average Bonchev–Trinajstić information content (AvgIpc) is 3.04. The number of hydrogen-bond donors (Lipinski definition) is 2. The van der Waals surface area contributed by atoms with E-state index in [0.717, 1.165) is 28.6 Å². The first-order chi connectivity index (χ1) is 10.1. The molecule has 2 aromatic heterocycles. The maximum absolute atomic E-state index is 11.9. The van der Waals surface area contributed by atoms with Gasteiger partial charge in [0, 0.05) is 18.0 Å². The Balaban J connectivity index is 1.77. The van der Waals surface area contributed by atoms with Crippen LogP contribution in [-0.4, -0.2) is 43.4 Å². The molecule has 0 fully saturated rings. The molecule has 0 aliphatic rings. The van der Waals surface area contributed by atoms with Crippen LogP contribution < -0.4 is 5.32 Å². The van der Waals surface area contributed by atoms with Crippen molar-refractivity contribution in [1.82, 2.24) is 30.5 Å². The SMILES string of the molecule is CCc1c(C)nn(CC(=O)NCCSc2cn[nH]n2)c1C. The molecule has 21 heavy (non-hydrogen) atoms. The monoisotopic (exact) mass is 308 g/mol. The van der Waals surface area contributed by atoms with Crippen molar-refractivity contribution in [2.75, 3.05) is 12.3 Å². The van der Waals surface area contributed by atoms with Crippen molar-refractivity contribution in [2.45, 2.75) is 38.8 Å². The van der Waals surface area contributed by atoms with Crippen LogP contribution >= 0.6 is 11.8 Å². The van der Waals surface area contributed by atoms with E-state index in [1.807, 2.05) is 13.8 Å². The molecular weight excluding hydrogens is 288 g/mol. The maximum Gasteiger partial charge on any atom is 0.241 e. The van der Waals surface area contributed by atoms with Crippen molar-refractivity contribution in [3.8, 4) is 0 Å². The molecule has 2 N–H and O–H groups in total. The van der Waals surface area contributed by atoms with Crippen LogP contribution in [0.2, 0.25) is 0 Å². The number of amides is 1. The summed E-state index contributed by atoms with van der Waals surface area (Å²) >= 11 is 1.55. The van der Waals surface area contributed by atoms with Gasteiger partial charge in [-0.05, 0) is 25.8 Å². The Morgan fingerprint density at radius 3 is 2.90 bits per heavy atom. The molecule has 114 valence electrons. The van der Waals surface area contributed by atoms with Crippen molar-refractivity contribution in [1.29, 1.82) is 0 Å². The molecule has 8 heteroatoms. The molecule has 2 rings (SSSR count). The number of aryl methyl sites for hydroxylation is 1. The summed E-state index contributed by atoms with van der Waals surface area (Å²) in [4.78, 5) is 11.9. The first-order valence-electron chi connectivity index (χ1n) is 6.90. The summed E-state index contributed by atoms with van der Waals surface area (Å²) in [6.07, 6.45) is 2.60. The fourth-order valence-electron chi connectivity index (χ4n) is 2.20. The van der Waals surface area contributed by atoms with Gasteiger partial charge in [-0.1, -0.05) is 6.92 Å². The third-order valence-corrected chi connectivity index (χ3v) is 4.15. The predicted molar refractivity (Wildman–Crippen MR) is 81.2 cm³/mol. The van der Waals surface area contributed by atoms with E-state index >= 15 is 0 Å². The van der Waals surface area contributed by atoms with E-state index in [9.17, 15) is 4.79 Å². The van der Waals surface area contributed by atoms with Gasteiger partial charge >= 0.3 is 0 Å². The molecule has 0 bridgehead atoms. The number of rotatable bonds is 7. The van der Waals surface area contributed by atoms with Crippen LogP contribution in [0.4, 0.5) is 0 Å². The second-order valence-electron chi connectivity index (χ2n) is 4.67. The molecule has 0 aliphatic heterocycles. The van der Waals surface area contributed by atoms with Crippen LogP contribution in [0.15, 0.2) is 11.2 Å². The van der Waals surface area contributed by atoms with Gasteiger partial charge in [0.05, 0.1) is 11.9 Å². The van der Waals surface area contributed by atoms with Gasteiger partial charge in [-0.25, -0.2) is 0 Å². The Morgan fingerprint density at radius 1 is 1.48 bits per heavy atom. The van der Waals surface area contributed by atoms with Crippen LogP contribution in [-0.2, 0) is 17.8 Å². The van der Waals surface area contributed by atoms with Gasteiger partial charge in [0.1, 0.15) is 11.6 Å². The Hall–Kier alpha value is -1.83. The van der Waals surface area contributed by atoms with Crippen LogP contribution in [0.3, 0.4) is 0 Å². The van der Waals surface area contributed by atoms with E-state index < -0.39 is 0 Å². The van der Waals surface area contributed by atoms with E-state index in [4.69, 9.17) is 0 Å². The summed E-state index contributed by atoms with van der Waals surface area (Å²) in [6.45, 7) is 6.95. The first kappa shape index (κ1) is 15.6. The lowest BCUT2D eigenvalue weighted by Gasteiger charge is -2.06. The van der Waals surface area contributed by atoms with Crippen LogP contribution in [0.25, 0.3) is 0 Å². The molecule has 0 aliphatic carbocycles. The highest BCUT2D eigenvalue weighted by Crippen LogP contribution is 2.13. The number of hydrogen-bond acceptors (Lipinski definition) is 5. The second-order valence-corrected chi connectivity index (χ2v) is 5.78. The summed E-state index contributed by atoms with van der Waals surface area (Å²) in [6, 6.07) is 0. The molecule has 0 aromatic carbocycles. The van der Waals surface area contributed by atoms with Gasteiger partial charge in [0.25, 0.3) is 0 Å². The number of carbonyl (C=O) groups excluding carboxylic acids is 1. The zero-order chi connectivity index (χ0) is 15.2. The van der Waals surface area contributed by atoms with Crippen molar-refractivity contribution in [2.24, 2.45) is 0 Å². The van der Waals surface area contributed by atoms with E-state index in [0.29, 0.717) is 6.54 Å². The van der Waals surface area contributed by atoms with Gasteiger partial charge in [0.2, 0.25) is 5.91 Å². The predicted octanol–water partition coefficient (Wildman–Crippen LogP) is 1.09. The standard InChI is InChI=1S/C13H20N6OS/c1-4-11-9(2)17-19(10(11)3)8-12(20)14-5-6-21-13-7-15-18-16-13/h7H,4-6,8H2,1-3H3,(H,14,20)(H,15,16,18). The largest absolute Gasteiger partial charge is 0.354 e. The highest BCUT2D eigenvalue weighted by atomic mass is 32.2. The number of aromatic amines is 1. The zero-order valence-corrected chi connectivity index (χ0v) is 13.3. The van der Waals surface area contributed by atoms with Crippen molar-refractivity contribution < 1.29 is 4.79 Å². The summed E-state index contributed by atoms with van der Waals surface area (Å²) < 4.78 is 1.77. The molecule has 2 aromatic rings. The quantitative estimate of drug-likeness (QED) is 0.590. The first-order valence-corrected chi connectivity index (χ1v) is 7.88. The summed E-state index contributed by atoms with van der Waals surface area (Å²) in [5.74, 6) is 0.735. The smallest absolute Gasteiger partial charge is 0.241 e. The molecule has 1 amide bonds. The summed E-state index contributed by atoms with van der Waals surface area (Å²) in [7, 11) is 0. The van der Waals surface area contributed by atoms with Crippen LogP contribution in [0, 0.1) is 13.8 Å². The Bertz CT molecular complexity index is 592. The van der Waals surface area contributed by atoms with E-state index in [1.54, 1.807) is 22.6 Å². The number of nitrogens with zero attached hydrogens (tertiary/aromatic N) is 4. The minimum Gasteiger partial charge on any atom is -0.354 e. The van der Waals surface area contributed by atoms with Crippen molar-refractivity contribution in [3.63, 3.8) is 0 Å². The molecule has 0 radical (unpaired) electrons. The lowest BCUT2D eigenvalue weighted by Crippen LogP contribution is -2.30. The Kier molecular flexibility index (Phi) is 5.38. The molecule has 0 unspecified atom stereocenters. The third kappa shape index (κ3) is 4.07. The van der Waals surface area contributed by atoms with Gasteiger partial charge < -0.3 is 5.32 Å². The van der Waals surface area contributed by atoms with Gasteiger partial charge in [-0.15, -0.1) is 16.9 Å². The molecule has 0 saturated carbocycles. The minimum atomic E-state index is -0.0241. The fourth-order valence-corrected chi connectivity index (χ4v) is 2.84. The van der Waals surface area contributed by atoms with Gasteiger partial charge in [-0.2, -0.15) is 15.4 Å². The number of H-pyrrole nitrogens is 1. The van der Waals surface area contributed by atoms with Crippen LogP contribution in [0.1, 0.15) is 23.9 Å². The lowest BCUT2D eigenvalue weighted by atomic mass is 10.1. The molecule has 0 atom stereocenters. The normalized spacial score (nSPS) is 10.8. The highest BCUT2D eigenvalue weighted by Gasteiger charge is 2.12. The number of aromatic nitrogens is 5. The third-order valence-electron chi connectivity index (χ3n) is 3.25. The highest BCUT2D eigenvalue weighted by molar-refractivity contribution is 7.99. The van der Waals surface area contributed by atoms with Crippen molar-refractivity contribution in [3.05, 3.63) is 23.1 Å². The summed E-state index contributed by atoms with van der Waals surface area (Å²) in [5.41, 5.74) is 3.30. The number of nitrogens with one attached hydrogen (secondary N) is 2. The van der Waals surface area contributed by atoms with Gasteiger partial charge in [0.15, 0.2) is 0 Å². The molecule has 0 saturated heterocycles. The van der Waals surface area contributed by atoms with E-state index in [2.05, 4.69) is 32.7 Å².